The first-order valence-corrected chi connectivity index (χ1v) is 5.61. The second kappa shape index (κ2) is 5.33. The highest BCUT2D eigenvalue weighted by atomic mass is 19.1. The van der Waals surface area contributed by atoms with E-state index in [2.05, 4.69) is 5.32 Å². The highest BCUT2D eigenvalue weighted by molar-refractivity contribution is 5.75. The highest BCUT2D eigenvalue weighted by Gasteiger charge is 2.17. The number of aryl methyl sites for hydroxylation is 1. The summed E-state index contributed by atoms with van der Waals surface area (Å²) >= 11 is 0. The predicted molar refractivity (Wildman–Crippen MR) is 65.4 cm³/mol. The van der Waals surface area contributed by atoms with E-state index in [1.54, 1.807) is 20.8 Å². The fourth-order valence-corrected chi connectivity index (χ4v) is 1.36. The zero-order valence-corrected chi connectivity index (χ0v) is 10.9. The summed E-state index contributed by atoms with van der Waals surface area (Å²) < 4.78 is 32.0. The summed E-state index contributed by atoms with van der Waals surface area (Å²) in [5.41, 5.74) is -0.619. The van der Waals surface area contributed by atoms with Crippen molar-refractivity contribution in [1.82, 2.24) is 0 Å². The van der Waals surface area contributed by atoms with Gasteiger partial charge in [0.25, 0.3) is 0 Å². The van der Waals surface area contributed by atoms with Gasteiger partial charge in [-0.2, -0.15) is 0 Å². The number of carbonyl (C=O) groups is 1. The van der Waals surface area contributed by atoms with Crippen molar-refractivity contribution < 1.29 is 18.3 Å². The molecule has 0 aliphatic heterocycles. The lowest BCUT2D eigenvalue weighted by molar-refractivity contribution is -0.152. The third kappa shape index (κ3) is 3.98. The Morgan fingerprint density at radius 3 is 2.50 bits per heavy atom. The van der Waals surface area contributed by atoms with Gasteiger partial charge in [0.15, 0.2) is 5.82 Å². The molecule has 100 valence electrons. The van der Waals surface area contributed by atoms with Gasteiger partial charge in [-0.1, -0.05) is 6.07 Å². The molecule has 0 saturated carbocycles. The Kier molecular flexibility index (Phi) is 4.27. The van der Waals surface area contributed by atoms with Gasteiger partial charge >= 0.3 is 5.97 Å². The summed E-state index contributed by atoms with van der Waals surface area (Å²) in [5, 5.41) is 2.42. The van der Waals surface area contributed by atoms with E-state index in [1.807, 2.05) is 0 Å². The molecule has 1 rings (SSSR count). The summed E-state index contributed by atoms with van der Waals surface area (Å²) in [6.45, 7) is 6.40. The summed E-state index contributed by atoms with van der Waals surface area (Å²) in [6.07, 6.45) is 0. The lowest BCUT2D eigenvalue weighted by Gasteiger charge is -2.20. The van der Waals surface area contributed by atoms with Crippen molar-refractivity contribution in [2.24, 2.45) is 0 Å². The minimum atomic E-state index is -0.735. The smallest absolute Gasteiger partial charge is 0.325 e. The molecule has 18 heavy (non-hydrogen) atoms. The Labute approximate surface area is 105 Å². The van der Waals surface area contributed by atoms with Crippen molar-refractivity contribution in [3.63, 3.8) is 0 Å². The topological polar surface area (TPSA) is 38.3 Å². The van der Waals surface area contributed by atoms with Crippen LogP contribution in [0.3, 0.4) is 0 Å². The second-order valence-electron chi connectivity index (χ2n) is 4.99. The third-order valence-electron chi connectivity index (χ3n) is 2.11. The van der Waals surface area contributed by atoms with Gasteiger partial charge in [0.2, 0.25) is 0 Å². The first-order chi connectivity index (χ1) is 8.20. The van der Waals surface area contributed by atoms with Crippen molar-refractivity contribution in [1.29, 1.82) is 0 Å². The van der Waals surface area contributed by atoms with Crippen LogP contribution in [0.25, 0.3) is 0 Å². The van der Waals surface area contributed by atoms with Crippen LogP contribution < -0.4 is 5.32 Å². The molecule has 1 N–H and O–H groups in total. The predicted octanol–water partition coefficient (Wildman–Crippen LogP) is 3.03. The van der Waals surface area contributed by atoms with E-state index in [4.69, 9.17) is 4.74 Å². The van der Waals surface area contributed by atoms with Gasteiger partial charge in [-0.3, -0.25) is 4.79 Å². The molecule has 3 nitrogen and oxygen atoms in total. The second-order valence-corrected chi connectivity index (χ2v) is 4.99. The lowest BCUT2D eigenvalue weighted by atomic mass is 10.2. The number of esters is 1. The molecule has 0 atom stereocenters. The maximum atomic E-state index is 13.6. The van der Waals surface area contributed by atoms with Gasteiger partial charge in [-0.15, -0.1) is 0 Å². The standard InChI is InChI=1S/C13H17F2NO2/c1-8-5-6-9(14)12(11(8)15)16-7-10(17)18-13(2,3)4/h5-6,16H,7H2,1-4H3. The number of halogens is 2. The maximum Gasteiger partial charge on any atom is 0.325 e. The van der Waals surface area contributed by atoms with Gasteiger partial charge in [0.1, 0.15) is 23.7 Å². The molecule has 0 aromatic heterocycles. The number of carbonyl (C=O) groups excluding carboxylic acids is 1. The van der Waals surface area contributed by atoms with Gasteiger partial charge in [-0.25, -0.2) is 8.78 Å². The van der Waals surface area contributed by atoms with Crippen molar-refractivity contribution in [3.8, 4) is 0 Å². The average Bonchev–Trinajstić information content (AvgIpc) is 2.21. The molecule has 0 saturated heterocycles. The Balaban J connectivity index is 2.70. The van der Waals surface area contributed by atoms with Crippen LogP contribution in [0, 0.1) is 18.6 Å². The van der Waals surface area contributed by atoms with E-state index in [1.165, 1.54) is 13.0 Å². The molecule has 1 aromatic rings. The number of anilines is 1. The fourth-order valence-electron chi connectivity index (χ4n) is 1.36. The number of hydrogen-bond acceptors (Lipinski definition) is 3. The van der Waals surface area contributed by atoms with Crippen molar-refractivity contribution in [2.75, 3.05) is 11.9 Å². The van der Waals surface area contributed by atoms with Crippen LogP contribution in [-0.4, -0.2) is 18.1 Å². The van der Waals surface area contributed by atoms with E-state index in [9.17, 15) is 13.6 Å². The molecule has 0 amide bonds. The van der Waals surface area contributed by atoms with E-state index < -0.39 is 23.2 Å². The lowest BCUT2D eigenvalue weighted by Crippen LogP contribution is -2.28. The molecule has 0 unspecified atom stereocenters. The molecular weight excluding hydrogens is 240 g/mol. The van der Waals surface area contributed by atoms with Crippen LogP contribution >= 0.6 is 0 Å². The molecule has 1 aromatic carbocycles. The largest absolute Gasteiger partial charge is 0.459 e. The van der Waals surface area contributed by atoms with E-state index in [0.717, 1.165) is 6.07 Å². The third-order valence-corrected chi connectivity index (χ3v) is 2.11. The molecule has 0 aliphatic carbocycles. The first-order valence-electron chi connectivity index (χ1n) is 5.61. The zero-order valence-electron chi connectivity index (χ0n) is 10.9. The van der Waals surface area contributed by atoms with Crippen molar-refractivity contribution in [2.45, 2.75) is 33.3 Å². The monoisotopic (exact) mass is 257 g/mol. The minimum absolute atomic E-state index is 0.283. The normalized spacial score (nSPS) is 11.2. The molecule has 0 aliphatic rings. The summed E-state index contributed by atoms with van der Waals surface area (Å²) in [6, 6.07) is 2.49. The first kappa shape index (κ1) is 14.4. The SMILES string of the molecule is Cc1ccc(F)c(NCC(=O)OC(C)(C)C)c1F. The maximum absolute atomic E-state index is 13.6. The van der Waals surface area contributed by atoms with Gasteiger partial charge in [0, 0.05) is 0 Å². The van der Waals surface area contributed by atoms with Gasteiger partial charge in [-0.05, 0) is 39.3 Å². The Morgan fingerprint density at radius 1 is 1.33 bits per heavy atom. The number of nitrogens with one attached hydrogen (secondary N) is 1. The minimum Gasteiger partial charge on any atom is -0.459 e. The Morgan fingerprint density at radius 2 is 1.94 bits per heavy atom. The number of hydrogen-bond donors (Lipinski definition) is 1. The molecule has 0 radical (unpaired) electrons. The van der Waals surface area contributed by atoms with Crippen LogP contribution in [0.2, 0.25) is 0 Å². The van der Waals surface area contributed by atoms with E-state index in [0.29, 0.717) is 5.56 Å². The van der Waals surface area contributed by atoms with Crippen LogP contribution in [0.1, 0.15) is 26.3 Å². The van der Waals surface area contributed by atoms with Crippen molar-refractivity contribution >= 4 is 11.7 Å². The summed E-state index contributed by atoms with van der Waals surface area (Å²) in [5.74, 6) is -2.00. The molecule has 0 spiro atoms. The Hall–Kier alpha value is -1.65. The summed E-state index contributed by atoms with van der Waals surface area (Å²) in [7, 11) is 0. The van der Waals surface area contributed by atoms with E-state index >= 15 is 0 Å². The molecule has 0 fully saturated rings. The molecule has 0 heterocycles. The number of ether oxygens (including phenoxy) is 1. The van der Waals surface area contributed by atoms with Crippen LogP contribution in [0.5, 0.6) is 0 Å². The average molecular weight is 257 g/mol. The van der Waals surface area contributed by atoms with Crippen LogP contribution in [0.4, 0.5) is 14.5 Å². The zero-order chi connectivity index (χ0) is 13.9. The van der Waals surface area contributed by atoms with Crippen LogP contribution in [-0.2, 0) is 9.53 Å². The Bertz CT molecular complexity index is 453. The highest BCUT2D eigenvalue weighted by Crippen LogP contribution is 2.21. The quantitative estimate of drug-likeness (QED) is 0.846. The number of benzene rings is 1. The van der Waals surface area contributed by atoms with Crippen LogP contribution in [0.15, 0.2) is 12.1 Å². The van der Waals surface area contributed by atoms with Gasteiger partial charge in [0.05, 0.1) is 0 Å². The number of rotatable bonds is 3. The summed E-state index contributed by atoms with van der Waals surface area (Å²) in [4.78, 5) is 11.4. The van der Waals surface area contributed by atoms with Gasteiger partial charge < -0.3 is 10.1 Å². The molecular formula is C13H17F2NO2. The van der Waals surface area contributed by atoms with Crippen molar-refractivity contribution in [3.05, 3.63) is 29.3 Å². The molecule has 0 bridgehead atoms. The molecule has 5 heteroatoms. The fraction of sp³-hybridized carbons (Fsp3) is 0.462. The van der Waals surface area contributed by atoms with E-state index in [-0.39, 0.29) is 12.2 Å².